The number of Topliss-reactive ketones (excluding diaryl/α,β-unsaturated/α-hetero) is 1. The number of hydrogen-bond acceptors (Lipinski definition) is 1. The van der Waals surface area contributed by atoms with Gasteiger partial charge in [0, 0.05) is 12.8 Å². The number of carbonyl (C=O) groups is 1. The lowest BCUT2D eigenvalue weighted by molar-refractivity contribution is -0.117. The van der Waals surface area contributed by atoms with E-state index >= 15 is 0 Å². The van der Waals surface area contributed by atoms with Gasteiger partial charge in [0.05, 0.1) is 8.07 Å². The molecule has 0 aliphatic heterocycles. The van der Waals surface area contributed by atoms with Crippen LogP contribution >= 0.6 is 0 Å². The zero-order valence-electron chi connectivity index (χ0n) is 12.7. The van der Waals surface area contributed by atoms with E-state index in [1.165, 1.54) is 5.20 Å². The summed E-state index contributed by atoms with van der Waals surface area (Å²) in [5.41, 5.74) is 3.48. The smallest absolute Gasteiger partial charge is 0.133 e. The first-order valence-electron chi connectivity index (χ1n) is 6.85. The van der Waals surface area contributed by atoms with E-state index in [4.69, 9.17) is 0 Å². The van der Waals surface area contributed by atoms with Crippen LogP contribution in [-0.4, -0.2) is 21.9 Å². The molecule has 0 heterocycles. The van der Waals surface area contributed by atoms with Crippen molar-refractivity contribution in [3.05, 3.63) is 11.3 Å². The summed E-state index contributed by atoms with van der Waals surface area (Å²) in [5, 5.41) is 1.35. The summed E-state index contributed by atoms with van der Waals surface area (Å²) in [6.45, 7) is 13.9. The third-order valence-electron chi connectivity index (χ3n) is 3.07. The molecule has 1 atom stereocenters. The van der Waals surface area contributed by atoms with Crippen LogP contribution in [0.25, 0.3) is 0 Å². The molecule has 1 aliphatic rings. The highest BCUT2D eigenvalue weighted by atomic mass is 28.3. The average molecular weight is 279 g/mol. The standard InChI is InChI=1S/C15H26OSi2/c1-17(2,3)10-9-15(18(4,5)6)12-13-7-8-14(16)11-13/h12-13H,7-8,11H2,1-6H3/b15-12-. The van der Waals surface area contributed by atoms with Crippen molar-refractivity contribution in [3.8, 4) is 11.5 Å². The monoisotopic (exact) mass is 278 g/mol. The average Bonchev–Trinajstić information content (AvgIpc) is 2.55. The van der Waals surface area contributed by atoms with Crippen molar-refractivity contribution in [2.75, 3.05) is 0 Å². The summed E-state index contributed by atoms with van der Waals surface area (Å²) in [6.07, 6.45) is 4.86. The molecule has 3 heteroatoms. The summed E-state index contributed by atoms with van der Waals surface area (Å²) >= 11 is 0. The van der Waals surface area contributed by atoms with Gasteiger partial charge in [-0.3, -0.25) is 4.79 Å². The van der Waals surface area contributed by atoms with Crippen molar-refractivity contribution >= 4 is 21.9 Å². The third-order valence-corrected chi connectivity index (χ3v) is 5.85. The van der Waals surface area contributed by atoms with Crippen LogP contribution in [-0.2, 0) is 4.79 Å². The zero-order valence-corrected chi connectivity index (χ0v) is 14.7. The van der Waals surface area contributed by atoms with Crippen LogP contribution in [0.15, 0.2) is 11.3 Å². The molecule has 0 radical (unpaired) electrons. The summed E-state index contributed by atoms with van der Waals surface area (Å²) < 4.78 is 0. The normalized spacial score (nSPS) is 21.8. The van der Waals surface area contributed by atoms with Gasteiger partial charge in [-0.2, -0.15) is 0 Å². The van der Waals surface area contributed by atoms with E-state index in [9.17, 15) is 4.79 Å². The van der Waals surface area contributed by atoms with E-state index < -0.39 is 16.1 Å². The highest BCUT2D eigenvalue weighted by Crippen LogP contribution is 2.26. The van der Waals surface area contributed by atoms with Crippen LogP contribution in [0.4, 0.5) is 0 Å². The lowest BCUT2D eigenvalue weighted by Gasteiger charge is -2.18. The zero-order chi connectivity index (χ0) is 14.0. The molecule has 0 N–H and O–H groups in total. The number of hydrogen-bond donors (Lipinski definition) is 0. The highest BCUT2D eigenvalue weighted by Gasteiger charge is 2.24. The largest absolute Gasteiger partial charge is 0.300 e. The number of ketones is 1. The predicted molar refractivity (Wildman–Crippen MR) is 84.9 cm³/mol. The lowest BCUT2D eigenvalue weighted by atomic mass is 10.1. The van der Waals surface area contributed by atoms with E-state index in [0.717, 1.165) is 19.3 Å². The Morgan fingerprint density at radius 1 is 1.22 bits per heavy atom. The maximum absolute atomic E-state index is 11.4. The highest BCUT2D eigenvalue weighted by molar-refractivity contribution is 6.86. The molecule has 1 aliphatic carbocycles. The van der Waals surface area contributed by atoms with Crippen LogP contribution in [0.5, 0.6) is 0 Å². The topological polar surface area (TPSA) is 17.1 Å². The van der Waals surface area contributed by atoms with Crippen LogP contribution in [0.1, 0.15) is 19.3 Å². The van der Waals surface area contributed by atoms with Gasteiger partial charge in [-0.1, -0.05) is 51.3 Å². The van der Waals surface area contributed by atoms with Crippen molar-refractivity contribution in [3.63, 3.8) is 0 Å². The molecule has 0 aromatic heterocycles. The Morgan fingerprint density at radius 3 is 2.22 bits per heavy atom. The molecule has 1 unspecified atom stereocenters. The van der Waals surface area contributed by atoms with E-state index in [1.54, 1.807) is 0 Å². The number of carbonyl (C=O) groups excluding carboxylic acids is 1. The second kappa shape index (κ2) is 5.58. The van der Waals surface area contributed by atoms with E-state index in [2.05, 4.69) is 56.8 Å². The second-order valence-electron chi connectivity index (χ2n) is 7.37. The summed E-state index contributed by atoms with van der Waals surface area (Å²) in [5.74, 6) is 4.34. The molecule has 1 saturated carbocycles. The first kappa shape index (κ1) is 15.5. The molecule has 1 rings (SSSR count). The quantitative estimate of drug-likeness (QED) is 0.550. The van der Waals surface area contributed by atoms with Crippen molar-refractivity contribution < 1.29 is 4.79 Å². The van der Waals surface area contributed by atoms with Gasteiger partial charge in [0.25, 0.3) is 0 Å². The van der Waals surface area contributed by atoms with Gasteiger partial charge in [-0.05, 0) is 17.5 Å². The Morgan fingerprint density at radius 2 is 1.83 bits per heavy atom. The Balaban J connectivity index is 2.95. The lowest BCUT2D eigenvalue weighted by Crippen LogP contribution is -2.25. The van der Waals surface area contributed by atoms with E-state index in [0.29, 0.717) is 11.7 Å². The van der Waals surface area contributed by atoms with Gasteiger partial charge in [-0.25, -0.2) is 0 Å². The minimum absolute atomic E-state index is 0.421. The molecule has 0 spiro atoms. The molecule has 0 saturated heterocycles. The fourth-order valence-corrected chi connectivity index (χ4v) is 3.76. The molecule has 0 bridgehead atoms. The van der Waals surface area contributed by atoms with Crippen molar-refractivity contribution in [1.82, 2.24) is 0 Å². The minimum atomic E-state index is -1.38. The Bertz CT molecular complexity index is 410. The number of allylic oxidation sites excluding steroid dienone is 2. The fourth-order valence-electron chi connectivity index (χ4n) is 1.95. The molecule has 100 valence electrons. The fraction of sp³-hybridized carbons (Fsp3) is 0.667. The van der Waals surface area contributed by atoms with Gasteiger partial charge < -0.3 is 0 Å². The maximum Gasteiger partial charge on any atom is 0.133 e. The van der Waals surface area contributed by atoms with Gasteiger partial charge in [-0.15, -0.1) is 5.54 Å². The molecular weight excluding hydrogens is 252 g/mol. The Labute approximate surface area is 114 Å². The molecule has 18 heavy (non-hydrogen) atoms. The first-order chi connectivity index (χ1) is 8.08. The van der Waals surface area contributed by atoms with Crippen LogP contribution in [0.2, 0.25) is 39.3 Å². The summed E-state index contributed by atoms with van der Waals surface area (Å²) in [6, 6.07) is 0. The third kappa shape index (κ3) is 5.37. The summed E-state index contributed by atoms with van der Waals surface area (Å²) in [4.78, 5) is 11.4. The van der Waals surface area contributed by atoms with Crippen LogP contribution < -0.4 is 0 Å². The van der Waals surface area contributed by atoms with Crippen LogP contribution in [0.3, 0.4) is 0 Å². The number of rotatable bonds is 2. The Hall–Kier alpha value is -0.596. The van der Waals surface area contributed by atoms with Crippen LogP contribution in [0, 0.1) is 17.4 Å². The first-order valence-corrected chi connectivity index (χ1v) is 13.8. The van der Waals surface area contributed by atoms with E-state index in [1.807, 2.05) is 0 Å². The minimum Gasteiger partial charge on any atom is -0.300 e. The van der Waals surface area contributed by atoms with Gasteiger partial charge >= 0.3 is 0 Å². The second-order valence-corrected chi connectivity index (χ2v) is 17.2. The molecule has 0 amide bonds. The van der Waals surface area contributed by atoms with Crippen molar-refractivity contribution in [2.45, 2.75) is 58.5 Å². The molecule has 0 aromatic rings. The maximum atomic E-state index is 11.4. The molecule has 0 aromatic carbocycles. The SMILES string of the molecule is C[Si](C)(C)C#C/C(=C/C1CCC(=O)C1)[Si](C)(C)C. The summed E-state index contributed by atoms with van der Waals surface area (Å²) in [7, 11) is -2.69. The van der Waals surface area contributed by atoms with Crippen molar-refractivity contribution in [1.29, 1.82) is 0 Å². The predicted octanol–water partition coefficient (Wildman–Crippen LogP) is 4.04. The van der Waals surface area contributed by atoms with Gasteiger partial charge in [0.1, 0.15) is 13.9 Å². The van der Waals surface area contributed by atoms with E-state index in [-0.39, 0.29) is 0 Å². The van der Waals surface area contributed by atoms with Crippen molar-refractivity contribution in [2.24, 2.45) is 5.92 Å². The molecule has 1 fully saturated rings. The van der Waals surface area contributed by atoms with Gasteiger partial charge in [0.2, 0.25) is 0 Å². The Kier molecular flexibility index (Phi) is 4.80. The molecule has 1 nitrogen and oxygen atoms in total. The van der Waals surface area contributed by atoms with Gasteiger partial charge in [0.15, 0.2) is 0 Å². The molecular formula is C15H26OSi2.